The first kappa shape index (κ1) is 32.2. The molecule has 0 aromatic heterocycles. The van der Waals surface area contributed by atoms with Crippen molar-refractivity contribution in [3.63, 3.8) is 0 Å². The molecule has 2 fully saturated rings. The lowest BCUT2D eigenvalue weighted by Gasteiger charge is -2.44. The van der Waals surface area contributed by atoms with Crippen molar-refractivity contribution in [3.05, 3.63) is 64.2 Å². The van der Waals surface area contributed by atoms with Crippen LogP contribution in [-0.2, 0) is 54.0 Å². The molecule has 2 aliphatic rings. The van der Waals surface area contributed by atoms with Crippen LogP contribution in [0, 0.1) is 0 Å². The van der Waals surface area contributed by atoms with Crippen LogP contribution in [0.25, 0.3) is 0 Å². The van der Waals surface area contributed by atoms with Crippen LogP contribution in [0.3, 0.4) is 0 Å². The van der Waals surface area contributed by atoms with Gasteiger partial charge in [-0.05, 0) is 41.3 Å². The molecule has 12 heteroatoms. The highest BCUT2D eigenvalue weighted by Crippen LogP contribution is 2.39. The van der Waals surface area contributed by atoms with Crippen LogP contribution in [0.5, 0.6) is 5.75 Å². The minimum absolute atomic E-state index is 0.0403. The number of carbonyl (C=O) groups excluding carboxylic acids is 4. The molecule has 0 radical (unpaired) electrons. The summed E-state index contributed by atoms with van der Waals surface area (Å²) in [4.78, 5) is 48.0. The Hall–Kier alpha value is -3.67. The molecule has 2 aromatic rings. The molecule has 4 rings (SSSR count). The van der Waals surface area contributed by atoms with E-state index in [1.54, 1.807) is 12.1 Å². The molecular formula is C31H35ClO11. The van der Waals surface area contributed by atoms with Crippen LogP contribution in [0.15, 0.2) is 42.5 Å². The zero-order chi connectivity index (χ0) is 31.1. The molecule has 0 spiro atoms. The number of esters is 4. The highest BCUT2D eigenvalue weighted by Gasteiger charge is 2.52. The Balaban J connectivity index is 1.65. The summed E-state index contributed by atoms with van der Waals surface area (Å²) >= 11 is 6.59. The first-order valence-corrected chi connectivity index (χ1v) is 14.3. The van der Waals surface area contributed by atoms with Crippen LogP contribution < -0.4 is 4.74 Å². The number of rotatable bonds is 10. The van der Waals surface area contributed by atoms with Crippen molar-refractivity contribution in [2.75, 3.05) is 19.8 Å². The standard InChI is InChI=1S/C31H35ClO11/c1-17(33)38-16-27-29(39-18(2)34)31(41-20(4)36)30(40-19(3)35)28(43-27)22-7-10-26(32)23(14-22)13-21-5-8-24(9-6-21)42-25-11-12-37-15-25/h5-10,14,25,27-31H,11-13,15-16H2,1-4H3/t25?,27-,28?,29?,30?,31+/m1/s1. The Morgan fingerprint density at radius 2 is 1.49 bits per heavy atom. The van der Waals surface area contributed by atoms with Crippen LogP contribution in [0.2, 0.25) is 5.02 Å². The molecule has 0 amide bonds. The van der Waals surface area contributed by atoms with Gasteiger partial charge in [0.2, 0.25) is 0 Å². The van der Waals surface area contributed by atoms with Crippen LogP contribution in [-0.4, -0.2) is 74.2 Å². The van der Waals surface area contributed by atoms with Crippen molar-refractivity contribution in [2.24, 2.45) is 0 Å². The summed E-state index contributed by atoms with van der Waals surface area (Å²) in [6, 6.07) is 12.9. The smallest absolute Gasteiger partial charge is 0.303 e. The second-order valence-electron chi connectivity index (χ2n) is 10.4. The highest BCUT2D eigenvalue weighted by molar-refractivity contribution is 6.31. The van der Waals surface area contributed by atoms with E-state index in [0.717, 1.165) is 23.3 Å². The number of hydrogen-bond donors (Lipinski definition) is 0. The Morgan fingerprint density at radius 3 is 2.09 bits per heavy atom. The lowest BCUT2D eigenvalue weighted by Crippen LogP contribution is -2.59. The van der Waals surface area contributed by atoms with E-state index in [0.29, 0.717) is 30.2 Å². The van der Waals surface area contributed by atoms with E-state index >= 15 is 0 Å². The van der Waals surface area contributed by atoms with Gasteiger partial charge in [0, 0.05) is 39.1 Å². The summed E-state index contributed by atoms with van der Waals surface area (Å²) in [6.07, 6.45) is -4.39. The maximum Gasteiger partial charge on any atom is 0.303 e. The molecule has 43 heavy (non-hydrogen) atoms. The van der Waals surface area contributed by atoms with Crippen molar-refractivity contribution in [3.8, 4) is 5.75 Å². The molecule has 0 saturated carbocycles. The van der Waals surface area contributed by atoms with Gasteiger partial charge in [-0.2, -0.15) is 0 Å². The fourth-order valence-corrected chi connectivity index (χ4v) is 5.29. The summed E-state index contributed by atoms with van der Waals surface area (Å²) in [7, 11) is 0. The second kappa shape index (κ2) is 14.7. The second-order valence-corrected chi connectivity index (χ2v) is 10.8. The Labute approximate surface area is 254 Å². The molecule has 2 saturated heterocycles. The first-order valence-electron chi connectivity index (χ1n) is 13.9. The van der Waals surface area contributed by atoms with Gasteiger partial charge in [-0.25, -0.2) is 0 Å². The van der Waals surface area contributed by atoms with Crippen molar-refractivity contribution < 1.29 is 52.3 Å². The molecule has 4 unspecified atom stereocenters. The minimum Gasteiger partial charge on any atom is -0.488 e. The number of carbonyl (C=O) groups is 4. The van der Waals surface area contributed by atoms with Gasteiger partial charge in [0.05, 0.1) is 13.2 Å². The Bertz CT molecular complexity index is 1310. The van der Waals surface area contributed by atoms with E-state index in [2.05, 4.69) is 0 Å². The molecule has 0 N–H and O–H groups in total. The van der Waals surface area contributed by atoms with Gasteiger partial charge >= 0.3 is 23.9 Å². The van der Waals surface area contributed by atoms with Crippen molar-refractivity contribution >= 4 is 35.5 Å². The molecular weight excluding hydrogens is 584 g/mol. The van der Waals surface area contributed by atoms with Crippen molar-refractivity contribution in [1.29, 1.82) is 0 Å². The molecule has 2 aliphatic heterocycles. The lowest BCUT2D eigenvalue weighted by atomic mass is 9.89. The topological polar surface area (TPSA) is 133 Å². The maximum absolute atomic E-state index is 12.2. The number of hydrogen-bond acceptors (Lipinski definition) is 11. The third kappa shape index (κ3) is 8.92. The number of benzene rings is 2. The summed E-state index contributed by atoms with van der Waals surface area (Å²) in [5.41, 5.74) is 2.28. The van der Waals surface area contributed by atoms with Gasteiger partial charge < -0.3 is 33.2 Å². The molecule has 0 aliphatic carbocycles. The van der Waals surface area contributed by atoms with E-state index in [1.165, 1.54) is 27.7 Å². The van der Waals surface area contributed by atoms with Crippen molar-refractivity contribution in [2.45, 2.75) is 77.2 Å². The summed E-state index contributed by atoms with van der Waals surface area (Å²) in [5, 5.41) is 0.498. The third-order valence-electron chi connectivity index (χ3n) is 6.90. The average molecular weight is 619 g/mol. The van der Waals surface area contributed by atoms with E-state index in [1.807, 2.05) is 30.3 Å². The number of ether oxygens (including phenoxy) is 7. The minimum atomic E-state index is -1.26. The molecule has 2 aromatic carbocycles. The van der Waals surface area contributed by atoms with Gasteiger partial charge in [-0.15, -0.1) is 0 Å². The fraction of sp³-hybridized carbons (Fsp3) is 0.484. The zero-order valence-corrected chi connectivity index (χ0v) is 25.2. The largest absolute Gasteiger partial charge is 0.488 e. The Kier molecular flexibility index (Phi) is 11.0. The zero-order valence-electron chi connectivity index (χ0n) is 24.4. The average Bonchev–Trinajstić information content (AvgIpc) is 3.44. The summed E-state index contributed by atoms with van der Waals surface area (Å²) in [5.74, 6) is -1.90. The molecule has 11 nitrogen and oxygen atoms in total. The van der Waals surface area contributed by atoms with Gasteiger partial charge in [-0.1, -0.05) is 35.9 Å². The van der Waals surface area contributed by atoms with E-state index in [-0.39, 0.29) is 12.7 Å². The van der Waals surface area contributed by atoms with E-state index < -0.39 is 54.4 Å². The third-order valence-corrected chi connectivity index (χ3v) is 7.27. The molecule has 6 atom stereocenters. The fourth-order valence-electron chi connectivity index (χ4n) is 5.11. The lowest BCUT2D eigenvalue weighted by molar-refractivity contribution is -0.254. The SMILES string of the molecule is CC(=O)OC[C@H]1OC(c2ccc(Cl)c(Cc3ccc(OC4CCOC4)cc3)c2)C(OC(C)=O)[C@@H](OC(C)=O)C1OC(C)=O. The molecule has 2 heterocycles. The van der Waals surface area contributed by atoms with E-state index in [9.17, 15) is 19.2 Å². The van der Waals surface area contributed by atoms with Gasteiger partial charge in [0.15, 0.2) is 18.3 Å². The normalized spacial score (nSPS) is 25.0. The summed E-state index contributed by atoms with van der Waals surface area (Å²) in [6.45, 7) is 5.73. The number of halogens is 1. The predicted octanol–water partition coefficient (Wildman–Crippen LogP) is 3.90. The van der Waals surface area contributed by atoms with Gasteiger partial charge in [-0.3, -0.25) is 19.2 Å². The maximum atomic E-state index is 12.2. The van der Waals surface area contributed by atoms with Crippen molar-refractivity contribution in [1.82, 2.24) is 0 Å². The summed E-state index contributed by atoms with van der Waals surface area (Å²) < 4.78 is 39.4. The first-order chi connectivity index (χ1) is 20.5. The molecule has 0 bridgehead atoms. The highest BCUT2D eigenvalue weighted by atomic mass is 35.5. The van der Waals surface area contributed by atoms with Crippen LogP contribution in [0.4, 0.5) is 0 Å². The monoisotopic (exact) mass is 618 g/mol. The van der Waals surface area contributed by atoms with Gasteiger partial charge in [0.25, 0.3) is 0 Å². The molecule has 232 valence electrons. The van der Waals surface area contributed by atoms with Gasteiger partial charge in [0.1, 0.15) is 30.7 Å². The predicted molar refractivity (Wildman–Crippen MR) is 151 cm³/mol. The Morgan fingerprint density at radius 1 is 0.837 bits per heavy atom. The quantitative estimate of drug-likeness (QED) is 0.284. The van der Waals surface area contributed by atoms with E-state index in [4.69, 9.17) is 44.8 Å². The van der Waals surface area contributed by atoms with Crippen LogP contribution >= 0.6 is 11.6 Å². The van der Waals surface area contributed by atoms with Crippen LogP contribution in [0.1, 0.15) is 56.9 Å².